The average Bonchev–Trinajstić information content (AvgIpc) is 3.34. The number of anilines is 2. The molecule has 0 spiro atoms. The third-order valence-corrected chi connectivity index (χ3v) is 5.73. The fraction of sp³-hybridized carbons (Fsp3) is 0.333. The molecule has 0 radical (unpaired) electrons. The van der Waals surface area contributed by atoms with Crippen molar-refractivity contribution in [1.29, 1.82) is 0 Å². The Morgan fingerprint density at radius 2 is 2.00 bits per heavy atom. The van der Waals surface area contributed by atoms with Gasteiger partial charge in [-0.1, -0.05) is 0 Å². The molecule has 0 amide bonds. The molecule has 4 aromatic heterocycles. The average molecular weight is 458 g/mol. The van der Waals surface area contributed by atoms with Gasteiger partial charge in [0.15, 0.2) is 11.6 Å². The van der Waals surface area contributed by atoms with E-state index >= 15 is 0 Å². The quantitative estimate of drug-likeness (QED) is 0.474. The van der Waals surface area contributed by atoms with Crippen LogP contribution in [0.25, 0.3) is 16.8 Å². The van der Waals surface area contributed by atoms with Crippen molar-refractivity contribution in [3.63, 3.8) is 0 Å². The molecule has 12 heteroatoms. The van der Waals surface area contributed by atoms with Crippen LogP contribution in [0.15, 0.2) is 43.0 Å². The Kier molecular flexibility index (Phi) is 5.16. The number of likely N-dealkylation sites (N-methyl/N-ethyl adjacent to an activating group) is 1. The largest absolute Gasteiger partial charge is 0.488 e. The van der Waals surface area contributed by atoms with Gasteiger partial charge < -0.3 is 10.1 Å². The van der Waals surface area contributed by atoms with E-state index in [4.69, 9.17) is 4.74 Å². The van der Waals surface area contributed by atoms with Crippen LogP contribution in [0, 0.1) is 0 Å². The van der Waals surface area contributed by atoms with Crippen LogP contribution in [0.3, 0.4) is 0 Å². The third-order valence-electron chi connectivity index (χ3n) is 5.73. The van der Waals surface area contributed by atoms with Crippen molar-refractivity contribution in [2.24, 2.45) is 7.05 Å². The van der Waals surface area contributed by atoms with Gasteiger partial charge in [-0.25, -0.2) is 14.5 Å². The van der Waals surface area contributed by atoms with Crippen LogP contribution in [-0.2, 0) is 13.2 Å². The fourth-order valence-electron chi connectivity index (χ4n) is 3.73. The number of likely N-dealkylation sites (tertiary alicyclic amines) is 1. The number of hydrogen-bond acceptors (Lipinski definition) is 7. The van der Waals surface area contributed by atoms with Crippen molar-refractivity contribution in [2.45, 2.75) is 18.6 Å². The third kappa shape index (κ3) is 4.21. The van der Waals surface area contributed by atoms with Crippen LogP contribution in [0.1, 0.15) is 12.1 Å². The molecule has 5 rings (SSSR count). The Labute approximate surface area is 186 Å². The normalized spacial score (nSPS) is 16.7. The maximum atomic E-state index is 12.9. The first kappa shape index (κ1) is 21.2. The van der Waals surface area contributed by atoms with Crippen molar-refractivity contribution in [2.75, 3.05) is 25.5 Å². The van der Waals surface area contributed by atoms with Crippen molar-refractivity contribution in [3.05, 3.63) is 48.7 Å². The molecule has 4 aromatic rings. The molecule has 1 N–H and O–H groups in total. The number of rotatable bonds is 6. The van der Waals surface area contributed by atoms with Gasteiger partial charge in [-0.2, -0.15) is 23.4 Å². The minimum Gasteiger partial charge on any atom is -0.488 e. The summed E-state index contributed by atoms with van der Waals surface area (Å²) in [6.45, 7) is 1.67. The molecule has 1 atom stereocenters. The highest BCUT2D eigenvalue weighted by Gasteiger charge is 2.33. The number of ether oxygens (including phenoxy) is 1. The zero-order valence-corrected chi connectivity index (χ0v) is 17.9. The second-order valence-corrected chi connectivity index (χ2v) is 7.94. The minimum absolute atomic E-state index is 0.00392. The standard InChI is InChI=1S/C21H21F3N8O/c1-30-5-4-14(30)11-33-16-10-27-31(2)20(16)13-3-6-32-15(7-13)8-19(29-32)28-18-9-17(21(22,23)24)25-12-26-18/h3,6-10,12,14H,4-5,11H2,1-2H3,(H,25,26,28,29)/t14-/m1/s1. The number of alkyl halides is 3. The molecular formula is C21H21F3N8O. The van der Waals surface area contributed by atoms with Crippen molar-refractivity contribution < 1.29 is 17.9 Å². The Balaban J connectivity index is 1.39. The molecule has 0 bridgehead atoms. The number of nitrogens with one attached hydrogen (secondary N) is 1. The number of pyridine rings is 1. The molecule has 33 heavy (non-hydrogen) atoms. The monoisotopic (exact) mass is 458 g/mol. The van der Waals surface area contributed by atoms with E-state index in [1.807, 2.05) is 19.2 Å². The van der Waals surface area contributed by atoms with Crippen LogP contribution < -0.4 is 10.1 Å². The first-order valence-electron chi connectivity index (χ1n) is 10.3. The molecule has 172 valence electrons. The van der Waals surface area contributed by atoms with E-state index in [1.165, 1.54) is 0 Å². The predicted octanol–water partition coefficient (Wildman–Crippen LogP) is 3.37. The number of nitrogens with zero attached hydrogens (tertiary/aromatic N) is 7. The summed E-state index contributed by atoms with van der Waals surface area (Å²) in [4.78, 5) is 9.36. The number of aromatic nitrogens is 6. The van der Waals surface area contributed by atoms with Gasteiger partial charge in [-0.3, -0.25) is 9.58 Å². The SMILES string of the molecule is CN1CC[C@@H]1COc1cnn(C)c1-c1ccn2nc(Nc3cc(C(F)(F)F)ncn3)cc2c1. The minimum atomic E-state index is -4.55. The molecule has 1 fully saturated rings. The predicted molar refractivity (Wildman–Crippen MR) is 114 cm³/mol. The first-order chi connectivity index (χ1) is 15.8. The summed E-state index contributed by atoms with van der Waals surface area (Å²) in [6, 6.07) is 6.77. The van der Waals surface area contributed by atoms with E-state index in [2.05, 4.69) is 37.4 Å². The molecule has 0 saturated carbocycles. The molecule has 9 nitrogen and oxygen atoms in total. The topological polar surface area (TPSA) is 85.4 Å². The Morgan fingerprint density at radius 1 is 1.15 bits per heavy atom. The van der Waals surface area contributed by atoms with Gasteiger partial charge in [0.1, 0.15) is 30.1 Å². The maximum Gasteiger partial charge on any atom is 0.433 e. The van der Waals surface area contributed by atoms with Gasteiger partial charge in [-0.05, 0) is 32.1 Å². The van der Waals surface area contributed by atoms with Crippen LogP contribution in [0.5, 0.6) is 5.75 Å². The second-order valence-electron chi connectivity index (χ2n) is 7.94. The molecule has 1 saturated heterocycles. The van der Waals surface area contributed by atoms with Gasteiger partial charge >= 0.3 is 6.18 Å². The smallest absolute Gasteiger partial charge is 0.433 e. The molecule has 0 aromatic carbocycles. The van der Waals surface area contributed by atoms with E-state index < -0.39 is 11.9 Å². The van der Waals surface area contributed by atoms with Crippen molar-refractivity contribution in [3.8, 4) is 17.0 Å². The van der Waals surface area contributed by atoms with Crippen molar-refractivity contribution >= 4 is 17.2 Å². The van der Waals surface area contributed by atoms with Gasteiger partial charge in [0.25, 0.3) is 0 Å². The molecule has 5 heterocycles. The number of aryl methyl sites for hydroxylation is 1. The highest BCUT2D eigenvalue weighted by atomic mass is 19.4. The lowest BCUT2D eigenvalue weighted by Gasteiger charge is -2.37. The van der Waals surface area contributed by atoms with E-state index in [9.17, 15) is 13.2 Å². The summed E-state index contributed by atoms with van der Waals surface area (Å²) in [6.07, 6.45) is 0.900. The lowest BCUT2D eigenvalue weighted by molar-refractivity contribution is -0.141. The number of halogens is 3. The van der Waals surface area contributed by atoms with E-state index in [0.29, 0.717) is 24.2 Å². The van der Waals surface area contributed by atoms with Crippen LogP contribution in [-0.4, -0.2) is 60.5 Å². The lowest BCUT2D eigenvalue weighted by atomic mass is 10.1. The summed E-state index contributed by atoms with van der Waals surface area (Å²) in [5.74, 6) is 1.05. The Bertz CT molecular complexity index is 1300. The highest BCUT2D eigenvalue weighted by Crippen LogP contribution is 2.32. The second kappa shape index (κ2) is 8.03. The summed E-state index contributed by atoms with van der Waals surface area (Å²) < 4.78 is 48.1. The summed E-state index contributed by atoms with van der Waals surface area (Å²) in [5.41, 5.74) is 1.43. The molecule has 0 aliphatic carbocycles. The highest BCUT2D eigenvalue weighted by molar-refractivity contribution is 5.72. The van der Waals surface area contributed by atoms with Crippen LogP contribution >= 0.6 is 0 Å². The van der Waals surface area contributed by atoms with Crippen LogP contribution in [0.2, 0.25) is 0 Å². The zero-order chi connectivity index (χ0) is 23.2. The summed E-state index contributed by atoms with van der Waals surface area (Å²) in [5, 5.41) is 11.5. The Hall–Kier alpha value is -3.67. The first-order valence-corrected chi connectivity index (χ1v) is 10.3. The lowest BCUT2D eigenvalue weighted by Crippen LogP contribution is -2.48. The van der Waals surface area contributed by atoms with Gasteiger partial charge in [0.2, 0.25) is 0 Å². The summed E-state index contributed by atoms with van der Waals surface area (Å²) >= 11 is 0. The van der Waals surface area contributed by atoms with Crippen molar-refractivity contribution in [1.82, 2.24) is 34.3 Å². The molecular weight excluding hydrogens is 437 g/mol. The van der Waals surface area contributed by atoms with E-state index in [-0.39, 0.29) is 5.82 Å². The number of fused-ring (bicyclic) bond motifs is 1. The molecule has 1 aliphatic heterocycles. The fourth-order valence-corrected chi connectivity index (χ4v) is 3.73. The van der Waals surface area contributed by atoms with Gasteiger partial charge in [-0.15, -0.1) is 0 Å². The zero-order valence-electron chi connectivity index (χ0n) is 17.9. The van der Waals surface area contributed by atoms with Crippen LogP contribution in [0.4, 0.5) is 24.8 Å². The van der Waals surface area contributed by atoms with Gasteiger partial charge in [0, 0.05) is 37.0 Å². The van der Waals surface area contributed by atoms with E-state index in [1.54, 1.807) is 27.7 Å². The molecule has 0 unspecified atom stereocenters. The molecule has 1 aliphatic rings. The van der Waals surface area contributed by atoms with Gasteiger partial charge in [0.05, 0.1) is 11.7 Å². The van der Waals surface area contributed by atoms with E-state index in [0.717, 1.165) is 42.1 Å². The Morgan fingerprint density at radius 3 is 2.73 bits per heavy atom. The number of hydrogen-bond donors (Lipinski definition) is 1. The maximum absolute atomic E-state index is 12.9. The summed E-state index contributed by atoms with van der Waals surface area (Å²) in [7, 11) is 3.92.